The average Bonchev–Trinajstić information content (AvgIpc) is 2.51. The van der Waals surface area contributed by atoms with Gasteiger partial charge in [0.15, 0.2) is 0 Å². The van der Waals surface area contributed by atoms with Crippen LogP contribution in [0.2, 0.25) is 0 Å². The molecule has 3 atom stereocenters. The zero-order valence-electron chi connectivity index (χ0n) is 18.4. The number of rotatable bonds is 5. The Balaban J connectivity index is 2.33. The van der Waals surface area contributed by atoms with Crippen LogP contribution in [0.4, 0.5) is 4.79 Å². The van der Waals surface area contributed by atoms with Crippen LogP contribution in [0.5, 0.6) is 0 Å². The van der Waals surface area contributed by atoms with Crippen molar-refractivity contribution in [3.63, 3.8) is 0 Å². The fraction of sp³-hybridized carbons (Fsp3) is 0.682. The van der Waals surface area contributed by atoms with E-state index in [1.54, 1.807) is 39.0 Å². The van der Waals surface area contributed by atoms with E-state index < -0.39 is 27.3 Å². The van der Waals surface area contributed by atoms with E-state index in [-0.39, 0.29) is 23.2 Å². The first kappa shape index (κ1) is 23.7. The van der Waals surface area contributed by atoms with Gasteiger partial charge in [0.05, 0.1) is 10.5 Å². The van der Waals surface area contributed by atoms with Gasteiger partial charge in [-0.3, -0.25) is 0 Å². The Kier molecular flexibility index (Phi) is 7.05. The summed E-state index contributed by atoms with van der Waals surface area (Å²) in [5.74, 6) is 0.753. The molecule has 1 fully saturated rings. The Hall–Kier alpha value is -1.60. The highest BCUT2D eigenvalue weighted by Crippen LogP contribution is 2.43. The third-order valence-electron chi connectivity index (χ3n) is 5.54. The molecule has 2 rings (SSSR count). The van der Waals surface area contributed by atoms with Crippen molar-refractivity contribution >= 4 is 16.1 Å². The summed E-state index contributed by atoms with van der Waals surface area (Å²) in [6, 6.07) is 6.53. The molecule has 2 N–H and O–H groups in total. The van der Waals surface area contributed by atoms with Gasteiger partial charge in [-0.25, -0.2) is 17.9 Å². The second-order valence-electron chi connectivity index (χ2n) is 9.73. The Bertz CT molecular complexity index is 828. The lowest BCUT2D eigenvalue weighted by Crippen LogP contribution is -2.47. The molecule has 1 unspecified atom stereocenters. The van der Waals surface area contributed by atoms with Gasteiger partial charge in [0.25, 0.3) is 10.0 Å². The van der Waals surface area contributed by atoms with Gasteiger partial charge in [-0.15, -0.1) is 0 Å². The van der Waals surface area contributed by atoms with E-state index in [9.17, 15) is 18.3 Å². The smallest absolute Gasteiger partial charge is 0.421 e. The van der Waals surface area contributed by atoms with Gasteiger partial charge in [0.2, 0.25) is 0 Å². The summed E-state index contributed by atoms with van der Waals surface area (Å²) in [5.41, 5.74) is -1.29. The molecule has 0 bridgehead atoms. The number of hydrogen-bond donors (Lipinski definition) is 2. The molecule has 1 aliphatic carbocycles. The van der Waals surface area contributed by atoms with Crippen LogP contribution < -0.4 is 4.72 Å². The highest BCUT2D eigenvalue weighted by molar-refractivity contribution is 7.90. The Labute approximate surface area is 175 Å². The lowest BCUT2D eigenvalue weighted by molar-refractivity contribution is -0.0798. The number of aliphatic hydroxyl groups is 1. The largest absolute Gasteiger partial charge is 0.443 e. The van der Waals surface area contributed by atoms with Gasteiger partial charge in [0.1, 0.15) is 5.60 Å². The van der Waals surface area contributed by atoms with Gasteiger partial charge in [-0.1, -0.05) is 45.4 Å². The lowest BCUT2D eigenvalue weighted by Gasteiger charge is -2.45. The first-order valence-electron chi connectivity index (χ1n) is 10.3. The minimum absolute atomic E-state index is 0.0000156. The maximum Gasteiger partial charge on any atom is 0.421 e. The summed E-state index contributed by atoms with van der Waals surface area (Å²) >= 11 is 0. The average molecular weight is 426 g/mol. The van der Waals surface area contributed by atoms with Crippen molar-refractivity contribution in [2.45, 2.75) is 83.3 Å². The van der Waals surface area contributed by atoms with E-state index in [2.05, 4.69) is 20.8 Å². The van der Waals surface area contributed by atoms with Gasteiger partial charge in [0, 0.05) is 6.42 Å². The molecule has 0 aliphatic heterocycles. The zero-order valence-corrected chi connectivity index (χ0v) is 19.2. The normalized spacial score (nSPS) is 25.7. The molecule has 7 heteroatoms. The number of ether oxygens (including phenoxy) is 1. The van der Waals surface area contributed by atoms with Crippen LogP contribution in [0.25, 0.3) is 0 Å². The van der Waals surface area contributed by atoms with Crippen molar-refractivity contribution in [3.8, 4) is 0 Å². The molecular weight excluding hydrogens is 390 g/mol. The minimum atomic E-state index is -4.13. The predicted octanol–water partition coefficient (Wildman–Crippen LogP) is 4.27. The van der Waals surface area contributed by atoms with Crippen molar-refractivity contribution in [1.82, 2.24) is 4.72 Å². The maximum absolute atomic E-state index is 12.9. The number of carbonyl (C=O) groups is 1. The van der Waals surface area contributed by atoms with Crippen LogP contribution in [0, 0.1) is 17.8 Å². The topological polar surface area (TPSA) is 92.7 Å². The van der Waals surface area contributed by atoms with Crippen LogP contribution >= 0.6 is 0 Å². The molecule has 1 amide bonds. The molecule has 0 spiro atoms. The van der Waals surface area contributed by atoms with Gasteiger partial charge >= 0.3 is 6.09 Å². The number of benzene rings is 1. The molecule has 6 nitrogen and oxygen atoms in total. The third kappa shape index (κ3) is 6.19. The standard InChI is InChI=1S/C22H35NO5S/c1-15(2)18-12-11-16(3)13-22(18,25)14-17-9-7-8-10-19(17)29(26,27)23-20(24)28-21(4,5)6/h7-10,15-16,18,25H,11-14H2,1-6H3,(H,23,24)/t16-,18+,22?/m1/s1. The van der Waals surface area contributed by atoms with Crippen molar-refractivity contribution in [2.75, 3.05) is 0 Å². The Morgan fingerprint density at radius 3 is 2.48 bits per heavy atom. The molecule has 1 saturated carbocycles. The summed E-state index contributed by atoms with van der Waals surface area (Å²) in [6.07, 6.45) is 1.82. The van der Waals surface area contributed by atoms with E-state index in [0.29, 0.717) is 17.9 Å². The fourth-order valence-electron chi connectivity index (χ4n) is 4.45. The predicted molar refractivity (Wildman–Crippen MR) is 113 cm³/mol. The van der Waals surface area contributed by atoms with E-state index in [0.717, 1.165) is 12.8 Å². The summed E-state index contributed by atoms with van der Waals surface area (Å²) in [5, 5.41) is 11.5. The zero-order chi connectivity index (χ0) is 22.0. The third-order valence-corrected chi connectivity index (χ3v) is 6.96. The first-order valence-corrected chi connectivity index (χ1v) is 11.8. The second-order valence-corrected chi connectivity index (χ2v) is 11.4. The molecule has 0 radical (unpaired) electrons. The van der Waals surface area contributed by atoms with Crippen LogP contribution in [-0.2, 0) is 21.2 Å². The number of hydrogen-bond acceptors (Lipinski definition) is 5. The summed E-state index contributed by atoms with van der Waals surface area (Å²) in [7, 11) is -4.13. The fourth-order valence-corrected chi connectivity index (χ4v) is 5.57. The Morgan fingerprint density at radius 2 is 1.90 bits per heavy atom. The van der Waals surface area contributed by atoms with Crippen molar-refractivity contribution < 1.29 is 23.1 Å². The number of nitrogens with one attached hydrogen (secondary N) is 1. The van der Waals surface area contributed by atoms with Gasteiger partial charge in [-0.05, 0) is 63.0 Å². The number of sulfonamides is 1. The molecule has 1 aromatic carbocycles. The van der Waals surface area contributed by atoms with Crippen LogP contribution in [0.15, 0.2) is 29.2 Å². The van der Waals surface area contributed by atoms with Crippen molar-refractivity contribution in [3.05, 3.63) is 29.8 Å². The SMILES string of the molecule is CC(C)[C@@H]1CC[C@@H](C)CC1(O)Cc1ccccc1S(=O)(=O)NC(=O)OC(C)(C)C. The second kappa shape index (κ2) is 8.64. The van der Waals surface area contributed by atoms with E-state index in [1.165, 1.54) is 6.07 Å². The quantitative estimate of drug-likeness (QED) is 0.735. The van der Waals surface area contributed by atoms with Crippen LogP contribution in [-0.4, -0.2) is 30.8 Å². The molecule has 0 saturated heterocycles. The minimum Gasteiger partial charge on any atom is -0.443 e. The molecule has 29 heavy (non-hydrogen) atoms. The summed E-state index contributed by atoms with van der Waals surface area (Å²) < 4.78 is 32.8. The molecule has 0 heterocycles. The maximum atomic E-state index is 12.9. The first-order chi connectivity index (χ1) is 13.2. The van der Waals surface area contributed by atoms with Gasteiger partial charge in [-0.2, -0.15) is 0 Å². The molecule has 1 aromatic rings. The summed E-state index contributed by atoms with van der Waals surface area (Å²) in [4.78, 5) is 12.0. The number of carbonyl (C=O) groups excluding carboxylic acids is 1. The van der Waals surface area contributed by atoms with Crippen LogP contribution in [0.1, 0.15) is 66.4 Å². The highest BCUT2D eigenvalue weighted by Gasteiger charge is 2.43. The monoisotopic (exact) mass is 425 g/mol. The van der Waals surface area contributed by atoms with E-state index >= 15 is 0 Å². The summed E-state index contributed by atoms with van der Waals surface area (Å²) in [6.45, 7) is 11.3. The highest BCUT2D eigenvalue weighted by atomic mass is 32.2. The molecule has 0 aromatic heterocycles. The molecule has 164 valence electrons. The number of amides is 1. The van der Waals surface area contributed by atoms with Crippen LogP contribution in [0.3, 0.4) is 0 Å². The Morgan fingerprint density at radius 1 is 1.28 bits per heavy atom. The van der Waals surface area contributed by atoms with Crippen molar-refractivity contribution in [2.24, 2.45) is 17.8 Å². The van der Waals surface area contributed by atoms with Gasteiger partial charge < -0.3 is 9.84 Å². The van der Waals surface area contributed by atoms with Crippen molar-refractivity contribution in [1.29, 1.82) is 0 Å². The molecular formula is C22H35NO5S. The lowest BCUT2D eigenvalue weighted by atomic mass is 9.65. The van der Waals surface area contributed by atoms with E-state index in [1.807, 2.05) is 4.72 Å². The van der Waals surface area contributed by atoms with E-state index in [4.69, 9.17) is 4.74 Å². The molecule has 1 aliphatic rings.